The Labute approximate surface area is 454 Å². The molecule has 76 heavy (non-hydrogen) atoms. The summed E-state index contributed by atoms with van der Waals surface area (Å²) in [4.78, 5) is 8.23. The number of anilines is 9. The van der Waals surface area contributed by atoms with Crippen LogP contribution in [-0.2, 0) is 62.2 Å². The Bertz CT molecular complexity index is 3760. The Kier molecular flexibility index (Phi) is 10.6. The number of nitrogens with zero attached hydrogens (tertiary/aromatic N) is 3. The Hall–Kier alpha value is -6.52. The maximum absolute atomic E-state index is 2.79. The number of hydrogen-bond donors (Lipinski definition) is 0. The molecule has 3 nitrogen and oxygen atoms in total. The predicted octanol–water partition coefficient (Wildman–Crippen LogP) is 16.9. The molecule has 0 atom stereocenters. The van der Waals surface area contributed by atoms with Crippen molar-refractivity contribution in [1.82, 2.24) is 0 Å². The van der Waals surface area contributed by atoms with Gasteiger partial charge < -0.3 is 14.7 Å². The SMILES string of the molecule is Cc1cc2c3c(c1)N(c1cccc4c1CC(C)(C)C4)c1c(cc4c5c(cccc15)CCC4)B3c1cc(N(c3cccc(C(C)(C)C)c3)c3ccc4c(c3)CCCC4)c(C(C)(C)C)cc1N2c1cccc2c1CC(C)(C)C2. The molecule has 0 N–H and O–H groups in total. The second-order valence-electron chi connectivity index (χ2n) is 27.8. The third-order valence-electron chi connectivity index (χ3n) is 18.7. The molecule has 0 spiro atoms. The zero-order valence-corrected chi connectivity index (χ0v) is 47.3. The largest absolute Gasteiger partial charge is 0.311 e. The van der Waals surface area contributed by atoms with Crippen LogP contribution in [0.5, 0.6) is 0 Å². The van der Waals surface area contributed by atoms with Crippen LogP contribution in [0.15, 0.2) is 127 Å². The summed E-state index contributed by atoms with van der Waals surface area (Å²) in [6.45, 7) is 26.6. The Balaban J connectivity index is 1.13. The lowest BCUT2D eigenvalue weighted by molar-refractivity contribution is 0.392. The lowest BCUT2D eigenvalue weighted by Gasteiger charge is -2.47. The van der Waals surface area contributed by atoms with Gasteiger partial charge in [-0.3, -0.25) is 0 Å². The molecule has 4 heteroatoms. The Morgan fingerprint density at radius 1 is 0.474 bits per heavy atom. The molecule has 0 unspecified atom stereocenters. The van der Waals surface area contributed by atoms with E-state index in [1.807, 2.05) is 0 Å². The van der Waals surface area contributed by atoms with Gasteiger partial charge in [0, 0.05) is 56.6 Å². The van der Waals surface area contributed by atoms with E-state index in [2.05, 4.69) is 218 Å². The van der Waals surface area contributed by atoms with Crippen LogP contribution in [0.3, 0.4) is 0 Å². The summed E-state index contributed by atoms with van der Waals surface area (Å²) in [5, 5.41) is 2.89. The summed E-state index contributed by atoms with van der Waals surface area (Å²) >= 11 is 0. The monoisotopic (exact) mass is 994 g/mol. The van der Waals surface area contributed by atoms with Crippen LogP contribution < -0.4 is 31.1 Å². The van der Waals surface area contributed by atoms with Crippen LogP contribution in [0.1, 0.15) is 150 Å². The lowest BCUT2D eigenvalue weighted by atomic mass is 9.33. The number of hydrogen-bond acceptors (Lipinski definition) is 3. The number of rotatable bonds is 5. The zero-order valence-electron chi connectivity index (χ0n) is 47.3. The van der Waals surface area contributed by atoms with Crippen molar-refractivity contribution in [3.05, 3.63) is 189 Å². The summed E-state index contributed by atoms with van der Waals surface area (Å²) in [6, 6.07) is 51.9. The lowest BCUT2D eigenvalue weighted by Crippen LogP contribution is -2.62. The van der Waals surface area contributed by atoms with Gasteiger partial charge >= 0.3 is 0 Å². The molecular formula is C72H76BN3. The maximum atomic E-state index is 2.79. The topological polar surface area (TPSA) is 9.72 Å². The van der Waals surface area contributed by atoms with Crippen LogP contribution in [0.25, 0.3) is 10.8 Å². The molecule has 14 rings (SSSR count). The quantitative estimate of drug-likeness (QED) is 0.159. The molecule has 6 aliphatic rings. The highest BCUT2D eigenvalue weighted by atomic mass is 15.2. The van der Waals surface area contributed by atoms with E-state index in [1.165, 1.54) is 165 Å². The van der Waals surface area contributed by atoms with Crippen LogP contribution in [0.2, 0.25) is 0 Å². The molecular weight excluding hydrogens is 918 g/mol. The van der Waals surface area contributed by atoms with Crippen molar-refractivity contribution in [2.24, 2.45) is 10.8 Å². The summed E-state index contributed by atoms with van der Waals surface area (Å²) < 4.78 is 0. The summed E-state index contributed by atoms with van der Waals surface area (Å²) in [5.74, 6) is 0. The van der Waals surface area contributed by atoms with Gasteiger partial charge in [0.1, 0.15) is 0 Å². The molecule has 382 valence electrons. The van der Waals surface area contributed by atoms with E-state index in [-0.39, 0.29) is 28.4 Å². The van der Waals surface area contributed by atoms with E-state index in [4.69, 9.17) is 0 Å². The van der Waals surface area contributed by atoms with E-state index in [0.29, 0.717) is 0 Å². The average molecular weight is 994 g/mol. The van der Waals surface area contributed by atoms with E-state index in [1.54, 1.807) is 0 Å². The minimum absolute atomic E-state index is 0.0152. The van der Waals surface area contributed by atoms with E-state index >= 15 is 0 Å². The summed E-state index contributed by atoms with van der Waals surface area (Å²) in [5.41, 5.74) is 32.3. The van der Waals surface area contributed by atoms with Crippen molar-refractivity contribution in [2.45, 2.75) is 158 Å². The molecule has 0 saturated carbocycles. The number of benzene rings is 8. The smallest absolute Gasteiger partial charge is 0.252 e. The summed E-state index contributed by atoms with van der Waals surface area (Å²) in [6.07, 6.45) is 12.6. The number of aryl methyl sites for hydroxylation is 5. The van der Waals surface area contributed by atoms with Crippen molar-refractivity contribution in [1.29, 1.82) is 0 Å². The van der Waals surface area contributed by atoms with Gasteiger partial charge in [-0.25, -0.2) is 0 Å². The van der Waals surface area contributed by atoms with Gasteiger partial charge in [0.15, 0.2) is 0 Å². The molecule has 0 bridgehead atoms. The molecule has 2 heterocycles. The molecule has 4 aliphatic carbocycles. The highest BCUT2D eigenvalue weighted by Crippen LogP contribution is 2.54. The zero-order chi connectivity index (χ0) is 52.4. The van der Waals surface area contributed by atoms with Gasteiger partial charge in [-0.05, 0) is 243 Å². The average Bonchev–Trinajstić information content (AvgIpc) is 3.96. The standard InChI is InChI=1S/C72H76BN3/c1-44-33-64-67-65(34-44)76(61-30-17-25-50-41-72(10,11)43-56(50)61)68-54-28-15-22-46-21-14-23-48(66(46)54)36-59(68)73(67)58-39-62(57(70(5,6)7)38-63(58)75(64)60-29-16-24-49-40-71(8,9)42-55(49)60)74(52-27-18-26-51(37-52)69(2,3)4)53-32-31-45-19-12-13-20-47(45)35-53/h15-18,22,24-39H,12-14,19-21,23,40-43H2,1-11H3. The predicted molar refractivity (Wildman–Crippen MR) is 326 cm³/mol. The fourth-order valence-electron chi connectivity index (χ4n) is 15.4. The van der Waals surface area contributed by atoms with E-state index in [9.17, 15) is 0 Å². The van der Waals surface area contributed by atoms with Crippen LogP contribution in [0, 0.1) is 17.8 Å². The maximum Gasteiger partial charge on any atom is 0.252 e. The van der Waals surface area contributed by atoms with E-state index < -0.39 is 0 Å². The second-order valence-corrected chi connectivity index (χ2v) is 27.8. The molecule has 2 aliphatic heterocycles. The molecule has 0 radical (unpaired) electrons. The Morgan fingerprint density at radius 3 is 1.78 bits per heavy atom. The van der Waals surface area contributed by atoms with Gasteiger partial charge in [0.05, 0.1) is 0 Å². The van der Waals surface area contributed by atoms with Crippen molar-refractivity contribution in [3.8, 4) is 0 Å². The fraction of sp³-hybridized carbons (Fsp3) is 0.361. The highest BCUT2D eigenvalue weighted by Gasteiger charge is 2.48. The fourth-order valence-corrected chi connectivity index (χ4v) is 15.4. The first-order chi connectivity index (χ1) is 36.3. The van der Waals surface area contributed by atoms with Crippen molar-refractivity contribution >= 4 is 85.1 Å². The van der Waals surface area contributed by atoms with Crippen LogP contribution in [-0.4, -0.2) is 6.71 Å². The minimum Gasteiger partial charge on any atom is -0.311 e. The molecule has 0 aromatic heterocycles. The normalized spacial score (nSPS) is 17.5. The molecule has 8 aromatic rings. The van der Waals surface area contributed by atoms with Crippen molar-refractivity contribution in [3.63, 3.8) is 0 Å². The first-order valence-corrected chi connectivity index (χ1v) is 29.0. The molecule has 8 aromatic carbocycles. The van der Waals surface area contributed by atoms with Gasteiger partial charge in [0.2, 0.25) is 0 Å². The molecule has 0 fully saturated rings. The van der Waals surface area contributed by atoms with Gasteiger partial charge in [-0.2, -0.15) is 0 Å². The van der Waals surface area contributed by atoms with Crippen LogP contribution in [0.4, 0.5) is 51.2 Å². The van der Waals surface area contributed by atoms with Gasteiger partial charge in [0.25, 0.3) is 6.71 Å². The Morgan fingerprint density at radius 2 is 1.08 bits per heavy atom. The number of fused-ring (bicyclic) bond motifs is 8. The third kappa shape index (κ3) is 7.50. The first kappa shape index (κ1) is 47.9. The van der Waals surface area contributed by atoms with Crippen molar-refractivity contribution in [2.75, 3.05) is 14.7 Å². The molecule has 0 amide bonds. The highest BCUT2D eigenvalue weighted by molar-refractivity contribution is 7.00. The van der Waals surface area contributed by atoms with E-state index in [0.717, 1.165) is 44.9 Å². The third-order valence-corrected chi connectivity index (χ3v) is 18.7. The van der Waals surface area contributed by atoms with Crippen LogP contribution >= 0.6 is 0 Å². The first-order valence-electron chi connectivity index (χ1n) is 29.0. The minimum atomic E-state index is -0.206. The molecule has 0 saturated heterocycles. The van der Waals surface area contributed by atoms with Crippen molar-refractivity contribution < 1.29 is 0 Å². The van der Waals surface area contributed by atoms with Gasteiger partial charge in [-0.1, -0.05) is 136 Å². The second kappa shape index (κ2) is 16.7. The summed E-state index contributed by atoms with van der Waals surface area (Å²) in [7, 11) is 0. The van der Waals surface area contributed by atoms with Gasteiger partial charge in [-0.15, -0.1) is 0 Å².